The van der Waals surface area contributed by atoms with Crippen LogP contribution in [0.15, 0.2) is 97.3 Å². The summed E-state index contributed by atoms with van der Waals surface area (Å²) in [6, 6.07) is 24.6. The molecule has 1 amide bonds. The van der Waals surface area contributed by atoms with Gasteiger partial charge in [0.05, 0.1) is 23.5 Å². The summed E-state index contributed by atoms with van der Waals surface area (Å²) < 4.78 is 16.5. The average Bonchev–Trinajstić information content (AvgIpc) is 3.45. The number of thiocarbonyl (C=S) groups is 1. The zero-order valence-electron chi connectivity index (χ0n) is 18.1. The van der Waals surface area contributed by atoms with Gasteiger partial charge >= 0.3 is 0 Å². The summed E-state index contributed by atoms with van der Waals surface area (Å²) in [5.74, 6) is -0.540. The van der Waals surface area contributed by atoms with Crippen molar-refractivity contribution in [3.8, 4) is 5.69 Å². The summed E-state index contributed by atoms with van der Waals surface area (Å²) in [7, 11) is 0. The number of aromatic nitrogens is 2. The van der Waals surface area contributed by atoms with E-state index >= 15 is 0 Å². The van der Waals surface area contributed by atoms with Crippen LogP contribution in [0.5, 0.6) is 0 Å². The molecular weight excluding hydrogens is 449 g/mol. The molecule has 1 aliphatic rings. The van der Waals surface area contributed by atoms with Gasteiger partial charge in [-0.15, -0.1) is 0 Å². The summed E-state index contributed by atoms with van der Waals surface area (Å²) in [6.07, 6.45) is 3.53. The topological polar surface area (TPSA) is 62.2 Å². The van der Waals surface area contributed by atoms with Gasteiger partial charge in [-0.2, -0.15) is 0 Å². The smallest absolute Gasteiger partial charge is 0.244 e. The second-order valence-corrected chi connectivity index (χ2v) is 8.31. The number of anilines is 1. The van der Waals surface area contributed by atoms with Crippen molar-refractivity contribution < 1.29 is 9.18 Å². The number of hydrogen-bond acceptors (Lipinski definition) is 3. The Labute approximate surface area is 202 Å². The molecule has 4 aromatic rings. The molecule has 0 bridgehead atoms. The van der Waals surface area contributed by atoms with Gasteiger partial charge in [0.2, 0.25) is 5.91 Å². The summed E-state index contributed by atoms with van der Waals surface area (Å²) in [6.45, 7) is 0.0250. The van der Waals surface area contributed by atoms with Gasteiger partial charge in [0.15, 0.2) is 5.11 Å². The third-order valence-electron chi connectivity index (χ3n) is 5.76. The van der Waals surface area contributed by atoms with Crippen molar-refractivity contribution in [3.63, 3.8) is 0 Å². The molecule has 0 aliphatic carbocycles. The molecule has 8 heteroatoms. The number of carbonyl (C=O) groups excluding carboxylic acids is 1. The highest BCUT2D eigenvalue weighted by Crippen LogP contribution is 2.39. The summed E-state index contributed by atoms with van der Waals surface area (Å²) in [5, 5.41) is 6.68. The number of hydrogen-bond donors (Lipinski definition) is 2. The van der Waals surface area contributed by atoms with Crippen LogP contribution >= 0.6 is 12.2 Å². The molecule has 2 atom stereocenters. The van der Waals surface area contributed by atoms with Gasteiger partial charge in [-0.1, -0.05) is 36.4 Å². The largest absolute Gasteiger partial charge is 0.352 e. The molecular formula is C26H22FN5OS. The van der Waals surface area contributed by atoms with Crippen molar-refractivity contribution in [1.29, 1.82) is 0 Å². The first-order valence-corrected chi connectivity index (χ1v) is 11.3. The van der Waals surface area contributed by atoms with Gasteiger partial charge in [-0.05, 0) is 60.7 Å². The fourth-order valence-corrected chi connectivity index (χ4v) is 4.58. The van der Waals surface area contributed by atoms with Gasteiger partial charge < -0.3 is 20.1 Å². The van der Waals surface area contributed by atoms with Crippen LogP contribution < -0.4 is 10.6 Å². The minimum Gasteiger partial charge on any atom is -0.352 e. The van der Waals surface area contributed by atoms with Gasteiger partial charge in [0.1, 0.15) is 12.4 Å². The molecule has 2 aromatic carbocycles. The molecule has 1 aliphatic heterocycles. The Bertz CT molecular complexity index is 1310. The highest BCUT2D eigenvalue weighted by Gasteiger charge is 2.42. The molecule has 1 saturated heterocycles. The zero-order valence-corrected chi connectivity index (χ0v) is 19.0. The maximum Gasteiger partial charge on any atom is 0.244 e. The Morgan fingerprint density at radius 2 is 1.76 bits per heavy atom. The van der Waals surface area contributed by atoms with Gasteiger partial charge in [-0.25, -0.2) is 4.39 Å². The molecule has 0 spiro atoms. The van der Waals surface area contributed by atoms with E-state index in [9.17, 15) is 9.18 Å². The van der Waals surface area contributed by atoms with Gasteiger partial charge in [-0.3, -0.25) is 9.78 Å². The first-order valence-electron chi connectivity index (χ1n) is 10.9. The number of amides is 1. The van der Waals surface area contributed by atoms with Crippen LogP contribution in [0.25, 0.3) is 5.69 Å². The predicted octanol–water partition coefficient (Wildman–Crippen LogP) is 4.62. The SMILES string of the molecule is O=C(CN1C(=S)N[C@H](c2ccccn2)[C@H]1c1cccn1-c1ccccc1F)Nc1ccccc1. The molecule has 170 valence electrons. The summed E-state index contributed by atoms with van der Waals surface area (Å²) in [4.78, 5) is 19.3. The van der Waals surface area contributed by atoms with Crippen LogP contribution in [0, 0.1) is 5.82 Å². The van der Waals surface area contributed by atoms with Crippen molar-refractivity contribution in [3.05, 3.63) is 115 Å². The lowest BCUT2D eigenvalue weighted by Gasteiger charge is -2.28. The van der Waals surface area contributed by atoms with E-state index in [1.165, 1.54) is 6.07 Å². The average molecular weight is 472 g/mol. The van der Waals surface area contributed by atoms with Crippen LogP contribution in [0.2, 0.25) is 0 Å². The third-order valence-corrected chi connectivity index (χ3v) is 6.12. The van der Waals surface area contributed by atoms with E-state index in [1.807, 2.05) is 71.8 Å². The van der Waals surface area contributed by atoms with E-state index in [1.54, 1.807) is 29.0 Å². The third kappa shape index (κ3) is 4.27. The van der Waals surface area contributed by atoms with Gasteiger partial charge in [0.25, 0.3) is 0 Å². The van der Waals surface area contributed by atoms with E-state index in [0.717, 1.165) is 11.4 Å². The second-order valence-electron chi connectivity index (χ2n) is 7.92. The Kier molecular flexibility index (Phi) is 6.05. The lowest BCUT2D eigenvalue weighted by molar-refractivity contribution is -0.116. The zero-order chi connectivity index (χ0) is 23.5. The lowest BCUT2D eigenvalue weighted by atomic mass is 10.0. The van der Waals surface area contributed by atoms with Crippen molar-refractivity contribution in [1.82, 2.24) is 19.8 Å². The lowest BCUT2D eigenvalue weighted by Crippen LogP contribution is -2.37. The second kappa shape index (κ2) is 9.44. The fraction of sp³-hybridized carbons (Fsp3) is 0.115. The van der Waals surface area contributed by atoms with E-state index in [2.05, 4.69) is 15.6 Å². The first kappa shape index (κ1) is 21.8. The minimum absolute atomic E-state index is 0.0250. The van der Waals surface area contributed by atoms with E-state index in [4.69, 9.17) is 12.2 Å². The van der Waals surface area contributed by atoms with Crippen molar-refractivity contribution in [2.24, 2.45) is 0 Å². The number of para-hydroxylation sites is 2. The number of nitrogens with one attached hydrogen (secondary N) is 2. The number of pyridine rings is 1. The molecule has 0 radical (unpaired) electrons. The highest BCUT2D eigenvalue weighted by molar-refractivity contribution is 7.80. The Hall–Kier alpha value is -4.04. The Balaban J connectivity index is 1.53. The summed E-state index contributed by atoms with van der Waals surface area (Å²) >= 11 is 5.66. The monoisotopic (exact) mass is 471 g/mol. The van der Waals surface area contributed by atoms with Crippen LogP contribution in [0.4, 0.5) is 10.1 Å². The van der Waals surface area contributed by atoms with Crippen molar-refractivity contribution in [2.75, 3.05) is 11.9 Å². The van der Waals surface area contributed by atoms with Crippen LogP contribution in [-0.4, -0.2) is 32.0 Å². The standard InChI is InChI=1S/C26H22FN5OS/c27-19-11-4-5-13-21(19)31-16-8-14-22(31)25-24(20-12-6-7-15-28-20)30-26(34)32(25)17-23(33)29-18-9-2-1-3-10-18/h1-16,24-25H,17H2,(H,29,33)(H,30,34)/t24-,25-/m1/s1. The quantitative estimate of drug-likeness (QED) is 0.402. The molecule has 0 saturated carbocycles. The minimum atomic E-state index is -0.390. The van der Waals surface area contributed by atoms with Crippen molar-refractivity contribution in [2.45, 2.75) is 12.1 Å². The van der Waals surface area contributed by atoms with Crippen LogP contribution in [0.1, 0.15) is 23.5 Å². The van der Waals surface area contributed by atoms with E-state index < -0.39 is 6.04 Å². The Morgan fingerprint density at radius 1 is 1.00 bits per heavy atom. The molecule has 34 heavy (non-hydrogen) atoms. The van der Waals surface area contributed by atoms with E-state index in [-0.39, 0.29) is 24.3 Å². The maximum atomic E-state index is 14.7. The number of carbonyl (C=O) groups is 1. The number of halogens is 1. The normalized spacial score (nSPS) is 17.4. The highest BCUT2D eigenvalue weighted by atomic mass is 32.1. The van der Waals surface area contributed by atoms with Crippen molar-refractivity contribution >= 4 is 28.9 Å². The number of rotatable bonds is 6. The summed E-state index contributed by atoms with van der Waals surface area (Å²) in [5.41, 5.74) is 2.70. The molecule has 1 fully saturated rings. The van der Waals surface area contributed by atoms with Crippen LogP contribution in [-0.2, 0) is 4.79 Å². The van der Waals surface area contributed by atoms with E-state index in [0.29, 0.717) is 16.5 Å². The maximum absolute atomic E-state index is 14.7. The molecule has 2 aromatic heterocycles. The molecule has 6 nitrogen and oxygen atoms in total. The predicted molar refractivity (Wildman–Crippen MR) is 133 cm³/mol. The number of benzene rings is 2. The Morgan fingerprint density at radius 3 is 2.53 bits per heavy atom. The number of nitrogens with zero attached hydrogens (tertiary/aromatic N) is 3. The molecule has 3 heterocycles. The van der Waals surface area contributed by atoms with Gasteiger partial charge in [0, 0.05) is 23.8 Å². The fourth-order valence-electron chi connectivity index (χ4n) is 4.28. The molecule has 2 N–H and O–H groups in total. The molecule has 5 rings (SSSR count). The molecule has 0 unspecified atom stereocenters. The van der Waals surface area contributed by atoms with Crippen LogP contribution in [0.3, 0.4) is 0 Å². The first-order chi connectivity index (χ1) is 16.6.